The number of nitrogens with zero attached hydrogens (tertiary/aromatic N) is 3. The molecule has 0 unspecified atom stereocenters. The van der Waals surface area contributed by atoms with Gasteiger partial charge < -0.3 is 16.0 Å². The van der Waals surface area contributed by atoms with E-state index in [-0.39, 0.29) is 30.6 Å². The second kappa shape index (κ2) is 8.60. The summed E-state index contributed by atoms with van der Waals surface area (Å²) >= 11 is 0. The van der Waals surface area contributed by atoms with Crippen LogP contribution in [0.4, 0.5) is 5.69 Å². The zero-order valence-corrected chi connectivity index (χ0v) is 15.7. The molecule has 1 aromatic heterocycles. The van der Waals surface area contributed by atoms with Gasteiger partial charge in [0.05, 0.1) is 11.3 Å². The van der Waals surface area contributed by atoms with Crippen LogP contribution in [0, 0.1) is 6.92 Å². The van der Waals surface area contributed by atoms with Crippen molar-refractivity contribution in [1.29, 1.82) is 0 Å². The molecule has 1 aliphatic heterocycles. The fourth-order valence-electron chi connectivity index (χ4n) is 3.21. The van der Waals surface area contributed by atoms with Crippen LogP contribution in [0.25, 0.3) is 0 Å². The topological polar surface area (TPSA) is 118 Å². The minimum absolute atomic E-state index is 0.0162. The van der Waals surface area contributed by atoms with Crippen molar-refractivity contribution in [2.45, 2.75) is 32.1 Å². The number of likely N-dealkylation sites (tertiary alicyclic amines) is 1. The number of amides is 3. The summed E-state index contributed by atoms with van der Waals surface area (Å²) in [4.78, 5) is 46.0. The normalized spacial score (nSPS) is 16.0. The summed E-state index contributed by atoms with van der Waals surface area (Å²) in [6.07, 6.45) is 2.46. The second-order valence-electron chi connectivity index (χ2n) is 6.84. The van der Waals surface area contributed by atoms with Crippen molar-refractivity contribution in [1.82, 2.24) is 14.9 Å². The van der Waals surface area contributed by atoms with E-state index < -0.39 is 5.91 Å². The first-order valence-corrected chi connectivity index (χ1v) is 9.20. The maximum Gasteiger partial charge on any atom is 0.259 e. The summed E-state index contributed by atoms with van der Waals surface area (Å²) in [5.41, 5.74) is 6.82. The van der Waals surface area contributed by atoms with Gasteiger partial charge in [-0.1, -0.05) is 18.2 Å². The molecule has 0 aliphatic carbocycles. The van der Waals surface area contributed by atoms with Crippen molar-refractivity contribution in [3.05, 3.63) is 53.6 Å². The Hall–Kier alpha value is -3.29. The van der Waals surface area contributed by atoms with Gasteiger partial charge in [0, 0.05) is 43.7 Å². The first kappa shape index (κ1) is 19.5. The SMILES string of the molecule is Cc1nc([C@@H]2CCN(C(=O)CCC(N)=O)C2)ncc1C(=O)Nc1ccccc1. The highest BCUT2D eigenvalue weighted by Gasteiger charge is 2.29. The van der Waals surface area contributed by atoms with Crippen LogP contribution < -0.4 is 11.1 Å². The molecular formula is C20H23N5O3. The summed E-state index contributed by atoms with van der Waals surface area (Å²) in [7, 11) is 0. The summed E-state index contributed by atoms with van der Waals surface area (Å²) in [6, 6.07) is 9.19. The molecule has 3 N–H and O–H groups in total. The van der Waals surface area contributed by atoms with Gasteiger partial charge >= 0.3 is 0 Å². The third-order valence-corrected chi connectivity index (χ3v) is 4.77. The number of nitrogens with two attached hydrogens (primary N) is 1. The van der Waals surface area contributed by atoms with Crippen molar-refractivity contribution in [3.8, 4) is 0 Å². The summed E-state index contributed by atoms with van der Waals surface area (Å²) in [6.45, 7) is 2.88. The molecule has 8 nitrogen and oxygen atoms in total. The molecule has 0 saturated carbocycles. The van der Waals surface area contributed by atoms with Gasteiger partial charge in [-0.05, 0) is 25.5 Å². The number of anilines is 1. The number of carbonyl (C=O) groups is 3. The molecule has 0 spiro atoms. The number of aryl methyl sites for hydroxylation is 1. The van der Waals surface area contributed by atoms with Crippen LogP contribution in [0.2, 0.25) is 0 Å². The molecule has 2 aromatic rings. The van der Waals surface area contributed by atoms with Crippen LogP contribution in [-0.4, -0.2) is 45.7 Å². The summed E-state index contributed by atoms with van der Waals surface area (Å²) < 4.78 is 0. The van der Waals surface area contributed by atoms with E-state index in [1.54, 1.807) is 11.8 Å². The monoisotopic (exact) mass is 381 g/mol. The smallest absolute Gasteiger partial charge is 0.259 e. The quantitative estimate of drug-likeness (QED) is 0.788. The molecule has 1 fully saturated rings. The lowest BCUT2D eigenvalue weighted by molar-refractivity contribution is -0.132. The minimum Gasteiger partial charge on any atom is -0.370 e. The molecule has 1 saturated heterocycles. The summed E-state index contributed by atoms with van der Waals surface area (Å²) in [5, 5.41) is 2.82. The van der Waals surface area contributed by atoms with Crippen LogP contribution in [0.5, 0.6) is 0 Å². The fraction of sp³-hybridized carbons (Fsp3) is 0.350. The van der Waals surface area contributed by atoms with Gasteiger partial charge in [-0.25, -0.2) is 9.97 Å². The first-order valence-electron chi connectivity index (χ1n) is 9.20. The standard InChI is InChI=1S/C20H23N5O3/c1-13-16(20(28)24-15-5-3-2-4-6-15)11-22-19(23-13)14-9-10-25(12-14)18(27)8-7-17(21)26/h2-6,11,14H,7-10,12H2,1H3,(H2,21,26)(H,24,28)/t14-/m1/s1. The Morgan fingerprint density at radius 3 is 2.64 bits per heavy atom. The van der Waals surface area contributed by atoms with E-state index in [1.807, 2.05) is 30.3 Å². The summed E-state index contributed by atoms with van der Waals surface area (Å²) in [5.74, 6) is -0.185. The first-order chi connectivity index (χ1) is 13.4. The number of aromatic nitrogens is 2. The van der Waals surface area contributed by atoms with Gasteiger partial charge in [-0.3, -0.25) is 14.4 Å². The molecule has 1 aliphatic rings. The molecule has 3 rings (SSSR count). The molecule has 28 heavy (non-hydrogen) atoms. The van der Waals surface area contributed by atoms with Gasteiger partial charge in [0.1, 0.15) is 5.82 Å². The van der Waals surface area contributed by atoms with Crippen molar-refractivity contribution >= 4 is 23.4 Å². The molecule has 2 heterocycles. The molecule has 1 atom stereocenters. The van der Waals surface area contributed by atoms with E-state index >= 15 is 0 Å². The van der Waals surface area contributed by atoms with Gasteiger partial charge in [0.25, 0.3) is 5.91 Å². The zero-order valence-electron chi connectivity index (χ0n) is 15.7. The van der Waals surface area contributed by atoms with Crippen molar-refractivity contribution in [2.75, 3.05) is 18.4 Å². The number of para-hydroxylation sites is 1. The Balaban J connectivity index is 1.63. The average molecular weight is 381 g/mol. The van der Waals surface area contributed by atoms with E-state index in [0.717, 1.165) is 6.42 Å². The molecule has 1 aromatic carbocycles. The number of hydrogen-bond donors (Lipinski definition) is 2. The molecule has 3 amide bonds. The molecular weight excluding hydrogens is 358 g/mol. The van der Waals surface area contributed by atoms with E-state index in [9.17, 15) is 14.4 Å². The highest BCUT2D eigenvalue weighted by Crippen LogP contribution is 2.26. The number of nitrogens with one attached hydrogen (secondary N) is 1. The van der Waals surface area contributed by atoms with Crippen LogP contribution in [-0.2, 0) is 9.59 Å². The van der Waals surface area contributed by atoms with Gasteiger partial charge in [0.2, 0.25) is 11.8 Å². The highest BCUT2D eigenvalue weighted by atomic mass is 16.2. The van der Waals surface area contributed by atoms with E-state index in [2.05, 4.69) is 15.3 Å². The second-order valence-corrected chi connectivity index (χ2v) is 6.84. The lowest BCUT2D eigenvalue weighted by Gasteiger charge is -2.16. The Kier molecular flexibility index (Phi) is 5.98. The Morgan fingerprint density at radius 1 is 1.21 bits per heavy atom. The molecule has 146 valence electrons. The average Bonchev–Trinajstić information content (AvgIpc) is 3.17. The maximum atomic E-state index is 12.5. The van der Waals surface area contributed by atoms with Crippen molar-refractivity contribution in [2.24, 2.45) is 5.73 Å². The minimum atomic E-state index is -0.479. The largest absolute Gasteiger partial charge is 0.370 e. The van der Waals surface area contributed by atoms with Crippen molar-refractivity contribution in [3.63, 3.8) is 0 Å². The van der Waals surface area contributed by atoms with E-state index in [1.165, 1.54) is 6.20 Å². The molecule has 8 heteroatoms. The van der Waals surface area contributed by atoms with E-state index in [4.69, 9.17) is 5.73 Å². The third kappa shape index (κ3) is 4.70. The number of hydrogen-bond acceptors (Lipinski definition) is 5. The van der Waals surface area contributed by atoms with Crippen LogP contribution in [0.3, 0.4) is 0 Å². The van der Waals surface area contributed by atoms with Crippen LogP contribution in [0.1, 0.15) is 47.1 Å². The number of benzene rings is 1. The fourth-order valence-corrected chi connectivity index (χ4v) is 3.21. The Bertz CT molecular complexity index is 885. The molecule has 0 bridgehead atoms. The van der Waals surface area contributed by atoms with E-state index in [0.29, 0.717) is 35.9 Å². The Morgan fingerprint density at radius 2 is 1.96 bits per heavy atom. The van der Waals surface area contributed by atoms with Crippen LogP contribution >= 0.6 is 0 Å². The lowest BCUT2D eigenvalue weighted by Crippen LogP contribution is -2.29. The lowest BCUT2D eigenvalue weighted by atomic mass is 10.1. The maximum absolute atomic E-state index is 12.5. The van der Waals surface area contributed by atoms with Gasteiger partial charge in [0.15, 0.2) is 0 Å². The third-order valence-electron chi connectivity index (χ3n) is 4.77. The number of primary amides is 1. The van der Waals surface area contributed by atoms with Gasteiger partial charge in [-0.2, -0.15) is 0 Å². The zero-order chi connectivity index (χ0) is 20.1. The van der Waals surface area contributed by atoms with Crippen molar-refractivity contribution < 1.29 is 14.4 Å². The number of rotatable bonds is 6. The predicted octanol–water partition coefficient (Wildman–Crippen LogP) is 1.62. The molecule has 0 radical (unpaired) electrons. The highest BCUT2D eigenvalue weighted by molar-refractivity contribution is 6.04. The van der Waals surface area contributed by atoms with Crippen LogP contribution in [0.15, 0.2) is 36.5 Å². The number of carbonyl (C=O) groups excluding carboxylic acids is 3. The predicted molar refractivity (Wildman–Crippen MR) is 104 cm³/mol. The Labute approximate surface area is 163 Å². The van der Waals surface area contributed by atoms with Gasteiger partial charge in [-0.15, -0.1) is 0 Å².